The molecule has 0 spiro atoms. The minimum atomic E-state index is 0.762. The summed E-state index contributed by atoms with van der Waals surface area (Å²) in [4.78, 5) is 4.00. The number of nitrogens with one attached hydrogen (secondary N) is 1. The quantitative estimate of drug-likeness (QED) is 0.719. The van der Waals surface area contributed by atoms with E-state index in [9.17, 15) is 0 Å². The third-order valence-corrected chi connectivity index (χ3v) is 3.19. The van der Waals surface area contributed by atoms with Crippen LogP contribution in [0.4, 0.5) is 0 Å². The van der Waals surface area contributed by atoms with Crippen molar-refractivity contribution in [3.63, 3.8) is 0 Å². The Labute approximate surface area is 96.9 Å². The second-order valence-corrected chi connectivity index (χ2v) is 4.78. The molecule has 0 amide bonds. The molecule has 0 radical (unpaired) electrons. The SMILES string of the molecule is CSCC(C)CNCCc1ccncc1. The van der Waals surface area contributed by atoms with Gasteiger partial charge in [-0.05, 0) is 55.1 Å². The Morgan fingerprint density at radius 1 is 1.40 bits per heavy atom. The maximum absolute atomic E-state index is 4.00. The van der Waals surface area contributed by atoms with Gasteiger partial charge in [0.25, 0.3) is 0 Å². The Bertz CT molecular complexity index is 251. The van der Waals surface area contributed by atoms with Crippen molar-refractivity contribution in [3.8, 4) is 0 Å². The van der Waals surface area contributed by atoms with Crippen molar-refractivity contribution < 1.29 is 0 Å². The maximum atomic E-state index is 4.00. The first-order valence-electron chi connectivity index (χ1n) is 5.41. The third-order valence-electron chi connectivity index (χ3n) is 2.28. The summed E-state index contributed by atoms with van der Waals surface area (Å²) in [6.45, 7) is 4.46. The molecule has 0 bridgehead atoms. The monoisotopic (exact) mass is 224 g/mol. The highest BCUT2D eigenvalue weighted by Crippen LogP contribution is 2.02. The van der Waals surface area contributed by atoms with Gasteiger partial charge in [-0.25, -0.2) is 0 Å². The van der Waals surface area contributed by atoms with Crippen LogP contribution in [-0.2, 0) is 6.42 Å². The summed E-state index contributed by atoms with van der Waals surface area (Å²) >= 11 is 1.92. The van der Waals surface area contributed by atoms with Crippen molar-refractivity contribution in [1.82, 2.24) is 10.3 Å². The van der Waals surface area contributed by atoms with Crippen LogP contribution in [0.1, 0.15) is 12.5 Å². The molecule has 84 valence electrons. The highest BCUT2D eigenvalue weighted by molar-refractivity contribution is 7.98. The molecule has 0 saturated heterocycles. The van der Waals surface area contributed by atoms with Crippen molar-refractivity contribution in [2.45, 2.75) is 13.3 Å². The molecular weight excluding hydrogens is 204 g/mol. The van der Waals surface area contributed by atoms with Crippen LogP contribution >= 0.6 is 11.8 Å². The van der Waals surface area contributed by atoms with Crippen molar-refractivity contribution in [2.24, 2.45) is 5.92 Å². The molecule has 15 heavy (non-hydrogen) atoms. The largest absolute Gasteiger partial charge is 0.316 e. The van der Waals surface area contributed by atoms with Crippen LogP contribution in [0.3, 0.4) is 0 Å². The van der Waals surface area contributed by atoms with Gasteiger partial charge in [0.15, 0.2) is 0 Å². The van der Waals surface area contributed by atoms with Crippen LogP contribution in [0.25, 0.3) is 0 Å². The Morgan fingerprint density at radius 2 is 2.13 bits per heavy atom. The van der Waals surface area contributed by atoms with E-state index >= 15 is 0 Å². The lowest BCUT2D eigenvalue weighted by molar-refractivity contribution is 0.561. The molecule has 0 fully saturated rings. The number of pyridine rings is 1. The highest BCUT2D eigenvalue weighted by Gasteiger charge is 1.99. The summed E-state index contributed by atoms with van der Waals surface area (Å²) in [5, 5.41) is 3.48. The number of hydrogen-bond acceptors (Lipinski definition) is 3. The highest BCUT2D eigenvalue weighted by atomic mass is 32.2. The fourth-order valence-corrected chi connectivity index (χ4v) is 2.16. The molecule has 1 rings (SSSR count). The minimum absolute atomic E-state index is 0.762. The first-order valence-corrected chi connectivity index (χ1v) is 6.81. The maximum Gasteiger partial charge on any atom is 0.0270 e. The summed E-state index contributed by atoms with van der Waals surface area (Å²) < 4.78 is 0. The van der Waals surface area contributed by atoms with Crippen LogP contribution in [0, 0.1) is 5.92 Å². The molecule has 1 aromatic rings. The molecule has 0 aliphatic carbocycles. The minimum Gasteiger partial charge on any atom is -0.316 e. The topological polar surface area (TPSA) is 24.9 Å². The van der Waals surface area contributed by atoms with Gasteiger partial charge in [-0.15, -0.1) is 0 Å². The van der Waals surface area contributed by atoms with E-state index in [4.69, 9.17) is 0 Å². The fraction of sp³-hybridized carbons (Fsp3) is 0.583. The number of hydrogen-bond donors (Lipinski definition) is 1. The van der Waals surface area contributed by atoms with Crippen LogP contribution in [0.15, 0.2) is 24.5 Å². The molecule has 3 heteroatoms. The lowest BCUT2D eigenvalue weighted by atomic mass is 10.2. The second-order valence-electron chi connectivity index (χ2n) is 3.87. The summed E-state index contributed by atoms with van der Waals surface area (Å²) in [6.07, 6.45) is 6.96. The van der Waals surface area contributed by atoms with Crippen LogP contribution in [-0.4, -0.2) is 30.1 Å². The third kappa shape index (κ3) is 5.80. The first kappa shape index (κ1) is 12.5. The fourth-order valence-electron chi connectivity index (χ4n) is 1.47. The van der Waals surface area contributed by atoms with E-state index in [1.54, 1.807) is 0 Å². The van der Waals surface area contributed by atoms with Crippen molar-refractivity contribution >= 4 is 11.8 Å². The molecule has 0 aliphatic heterocycles. The molecular formula is C12H20N2S. The zero-order valence-corrected chi connectivity index (χ0v) is 10.4. The molecule has 1 N–H and O–H groups in total. The van der Waals surface area contributed by atoms with Crippen LogP contribution in [0.2, 0.25) is 0 Å². The van der Waals surface area contributed by atoms with Gasteiger partial charge < -0.3 is 5.32 Å². The van der Waals surface area contributed by atoms with E-state index in [0.29, 0.717) is 0 Å². The molecule has 0 saturated carbocycles. The number of rotatable bonds is 7. The van der Waals surface area contributed by atoms with Gasteiger partial charge in [0.1, 0.15) is 0 Å². The summed E-state index contributed by atoms with van der Waals surface area (Å²) in [5.41, 5.74) is 1.36. The van der Waals surface area contributed by atoms with E-state index in [1.807, 2.05) is 24.2 Å². The molecule has 0 aromatic carbocycles. The van der Waals surface area contributed by atoms with Gasteiger partial charge >= 0.3 is 0 Å². The zero-order valence-electron chi connectivity index (χ0n) is 9.57. The molecule has 1 unspecified atom stereocenters. The van der Waals surface area contributed by atoms with Crippen molar-refractivity contribution in [1.29, 1.82) is 0 Å². The molecule has 1 atom stereocenters. The average Bonchev–Trinajstić information content (AvgIpc) is 2.26. The van der Waals surface area contributed by atoms with E-state index < -0.39 is 0 Å². The summed E-state index contributed by atoms with van der Waals surface area (Å²) in [5.74, 6) is 2.00. The first-order chi connectivity index (χ1) is 7.33. The van der Waals surface area contributed by atoms with Gasteiger partial charge in [0.2, 0.25) is 0 Å². The van der Waals surface area contributed by atoms with E-state index in [0.717, 1.165) is 25.4 Å². The van der Waals surface area contributed by atoms with Crippen molar-refractivity contribution in [3.05, 3.63) is 30.1 Å². The Morgan fingerprint density at radius 3 is 2.80 bits per heavy atom. The molecule has 1 aromatic heterocycles. The molecule has 2 nitrogen and oxygen atoms in total. The number of aromatic nitrogens is 1. The smallest absolute Gasteiger partial charge is 0.0270 e. The molecule has 0 aliphatic rings. The average molecular weight is 224 g/mol. The normalized spacial score (nSPS) is 12.7. The Hall–Kier alpha value is -0.540. The van der Waals surface area contributed by atoms with Crippen LogP contribution in [0.5, 0.6) is 0 Å². The summed E-state index contributed by atoms with van der Waals surface area (Å²) in [6, 6.07) is 4.15. The van der Waals surface area contributed by atoms with Crippen molar-refractivity contribution in [2.75, 3.05) is 25.1 Å². The summed E-state index contributed by atoms with van der Waals surface area (Å²) in [7, 11) is 0. The van der Waals surface area contributed by atoms with Gasteiger partial charge in [-0.3, -0.25) is 4.98 Å². The number of nitrogens with zero attached hydrogens (tertiary/aromatic N) is 1. The lowest BCUT2D eigenvalue weighted by Crippen LogP contribution is -2.24. The zero-order chi connectivity index (χ0) is 10.9. The predicted octanol–water partition coefficient (Wildman–Crippen LogP) is 2.21. The van der Waals surface area contributed by atoms with Gasteiger partial charge in [-0.1, -0.05) is 6.92 Å². The van der Waals surface area contributed by atoms with E-state index in [2.05, 4.69) is 35.6 Å². The Balaban J connectivity index is 2.07. The number of thioether (sulfide) groups is 1. The van der Waals surface area contributed by atoms with E-state index in [-0.39, 0.29) is 0 Å². The second kappa shape index (κ2) is 7.71. The van der Waals surface area contributed by atoms with E-state index in [1.165, 1.54) is 11.3 Å². The Kier molecular flexibility index (Phi) is 6.44. The van der Waals surface area contributed by atoms with Crippen LogP contribution < -0.4 is 5.32 Å². The standard InChI is InChI=1S/C12H20N2S/c1-11(10-15-2)9-14-8-5-12-3-6-13-7-4-12/h3-4,6-7,11,14H,5,8-10H2,1-2H3. The lowest BCUT2D eigenvalue weighted by Gasteiger charge is -2.10. The van der Waals surface area contributed by atoms with Gasteiger partial charge in [0, 0.05) is 12.4 Å². The van der Waals surface area contributed by atoms with Gasteiger partial charge in [-0.2, -0.15) is 11.8 Å². The predicted molar refractivity (Wildman–Crippen MR) is 68.4 cm³/mol. The van der Waals surface area contributed by atoms with Gasteiger partial charge in [0.05, 0.1) is 0 Å². The molecule has 1 heterocycles.